The van der Waals surface area contributed by atoms with E-state index in [2.05, 4.69) is 0 Å². The van der Waals surface area contributed by atoms with E-state index in [4.69, 9.17) is 0 Å². The maximum absolute atomic E-state index is 11.7. The van der Waals surface area contributed by atoms with Crippen LogP contribution >= 0.6 is 11.3 Å². The summed E-state index contributed by atoms with van der Waals surface area (Å²) in [5.41, 5.74) is 0.370. The summed E-state index contributed by atoms with van der Waals surface area (Å²) in [6.07, 6.45) is -5.74. The maximum atomic E-state index is 11.7. The molecule has 72 valence electrons. The van der Waals surface area contributed by atoms with E-state index in [9.17, 15) is 18.0 Å². The molecular weight excluding hydrogens is 201 g/mol. The molecule has 0 fully saturated rings. The van der Waals surface area contributed by atoms with E-state index in [-0.39, 0.29) is 0 Å². The van der Waals surface area contributed by atoms with Gasteiger partial charge in [0.1, 0.15) is 0 Å². The first-order valence-electron chi connectivity index (χ1n) is 3.61. The Morgan fingerprint density at radius 3 is 2.62 bits per heavy atom. The second-order valence-electron chi connectivity index (χ2n) is 2.55. The number of rotatable bonds is 3. The number of ketones is 1. The van der Waals surface area contributed by atoms with E-state index in [1.54, 1.807) is 10.8 Å². The molecular formula is C8H7F3OS. The molecule has 0 spiro atoms. The van der Waals surface area contributed by atoms with Gasteiger partial charge in [0.25, 0.3) is 0 Å². The van der Waals surface area contributed by atoms with E-state index >= 15 is 0 Å². The number of carbonyl (C=O) groups excluding carboxylic acids is 1. The summed E-state index contributed by atoms with van der Waals surface area (Å²) in [7, 11) is 0. The van der Waals surface area contributed by atoms with E-state index in [1.165, 1.54) is 17.4 Å². The van der Waals surface area contributed by atoms with Gasteiger partial charge in [-0.1, -0.05) is 0 Å². The van der Waals surface area contributed by atoms with Crippen molar-refractivity contribution in [1.82, 2.24) is 0 Å². The van der Waals surface area contributed by atoms with E-state index < -0.39 is 24.8 Å². The largest absolute Gasteiger partial charge is 0.389 e. The highest BCUT2D eigenvalue weighted by atomic mass is 32.1. The highest BCUT2D eigenvalue weighted by Gasteiger charge is 2.28. The van der Waals surface area contributed by atoms with Crippen LogP contribution < -0.4 is 0 Å². The van der Waals surface area contributed by atoms with Gasteiger partial charge in [-0.25, -0.2) is 0 Å². The molecule has 0 N–H and O–H groups in total. The molecule has 0 atom stereocenters. The summed E-state index contributed by atoms with van der Waals surface area (Å²) < 4.78 is 35.1. The summed E-state index contributed by atoms with van der Waals surface area (Å²) in [5, 5.41) is 3.22. The molecule has 0 aromatic carbocycles. The maximum Gasteiger partial charge on any atom is 0.389 e. The third kappa shape index (κ3) is 3.59. The molecule has 13 heavy (non-hydrogen) atoms. The fourth-order valence-electron chi connectivity index (χ4n) is 0.823. The molecule has 0 saturated carbocycles. The van der Waals surface area contributed by atoms with Crippen molar-refractivity contribution in [1.29, 1.82) is 0 Å². The average Bonchev–Trinajstić information content (AvgIpc) is 2.50. The van der Waals surface area contributed by atoms with Crippen LogP contribution in [0.15, 0.2) is 16.8 Å². The fourth-order valence-corrected chi connectivity index (χ4v) is 1.48. The number of Topliss-reactive ketones (excluding diaryl/α,β-unsaturated/α-hetero) is 1. The molecule has 1 aromatic rings. The lowest BCUT2D eigenvalue weighted by Gasteiger charge is -2.03. The van der Waals surface area contributed by atoms with Gasteiger partial charge in [-0.15, -0.1) is 0 Å². The van der Waals surface area contributed by atoms with Crippen LogP contribution in [0.3, 0.4) is 0 Å². The summed E-state index contributed by atoms with van der Waals surface area (Å²) in [6.45, 7) is 0. The van der Waals surface area contributed by atoms with Crippen LogP contribution in [0.25, 0.3) is 0 Å². The molecule has 1 heterocycles. The number of hydrogen-bond acceptors (Lipinski definition) is 2. The van der Waals surface area contributed by atoms with Crippen LogP contribution in [0.1, 0.15) is 23.2 Å². The van der Waals surface area contributed by atoms with Crippen molar-refractivity contribution in [2.45, 2.75) is 19.0 Å². The van der Waals surface area contributed by atoms with Gasteiger partial charge in [0.15, 0.2) is 5.78 Å². The fraction of sp³-hybridized carbons (Fsp3) is 0.375. The Kier molecular flexibility index (Phi) is 3.08. The highest BCUT2D eigenvalue weighted by molar-refractivity contribution is 7.08. The van der Waals surface area contributed by atoms with Crippen molar-refractivity contribution < 1.29 is 18.0 Å². The van der Waals surface area contributed by atoms with E-state index in [0.29, 0.717) is 5.56 Å². The normalized spacial score (nSPS) is 11.6. The molecule has 0 unspecified atom stereocenters. The molecule has 1 nitrogen and oxygen atoms in total. The first-order valence-corrected chi connectivity index (χ1v) is 4.55. The number of carbonyl (C=O) groups is 1. The minimum absolute atomic E-state index is 0.370. The SMILES string of the molecule is O=C(CCC(F)(F)F)c1ccsc1. The van der Waals surface area contributed by atoms with Gasteiger partial charge in [-0.2, -0.15) is 24.5 Å². The lowest BCUT2D eigenvalue weighted by atomic mass is 10.1. The minimum Gasteiger partial charge on any atom is -0.294 e. The molecule has 0 aliphatic rings. The lowest BCUT2D eigenvalue weighted by Crippen LogP contribution is -2.10. The Labute approximate surface area is 77.2 Å². The van der Waals surface area contributed by atoms with Crippen molar-refractivity contribution in [2.75, 3.05) is 0 Å². The topological polar surface area (TPSA) is 17.1 Å². The Morgan fingerprint density at radius 1 is 1.46 bits per heavy atom. The second-order valence-corrected chi connectivity index (χ2v) is 3.33. The minimum atomic E-state index is -4.24. The predicted molar refractivity (Wildman–Crippen MR) is 43.9 cm³/mol. The van der Waals surface area contributed by atoms with Gasteiger partial charge in [-0.05, 0) is 11.4 Å². The van der Waals surface area contributed by atoms with Crippen LogP contribution in [-0.2, 0) is 0 Å². The van der Waals surface area contributed by atoms with Crippen molar-refractivity contribution in [3.05, 3.63) is 22.4 Å². The van der Waals surface area contributed by atoms with Crippen LogP contribution in [-0.4, -0.2) is 12.0 Å². The third-order valence-corrected chi connectivity index (χ3v) is 2.16. The summed E-state index contributed by atoms with van der Waals surface area (Å²) in [6, 6.07) is 1.53. The summed E-state index contributed by atoms with van der Waals surface area (Å²) >= 11 is 1.30. The summed E-state index contributed by atoms with van der Waals surface area (Å²) in [4.78, 5) is 11.1. The first kappa shape index (κ1) is 10.2. The molecule has 0 aliphatic heterocycles. The standard InChI is InChI=1S/C8H7F3OS/c9-8(10,11)3-1-7(12)6-2-4-13-5-6/h2,4-5H,1,3H2. The quantitative estimate of drug-likeness (QED) is 0.697. The van der Waals surface area contributed by atoms with Gasteiger partial charge in [0.05, 0.1) is 6.42 Å². The predicted octanol–water partition coefficient (Wildman–Crippen LogP) is 3.27. The second kappa shape index (κ2) is 3.91. The van der Waals surface area contributed by atoms with Crippen molar-refractivity contribution in [3.63, 3.8) is 0 Å². The number of halogens is 3. The Balaban J connectivity index is 2.44. The zero-order valence-electron chi connectivity index (χ0n) is 6.60. The lowest BCUT2D eigenvalue weighted by molar-refractivity contribution is -0.133. The first-order chi connectivity index (χ1) is 5.99. The van der Waals surface area contributed by atoms with Crippen LogP contribution in [0.4, 0.5) is 13.2 Å². The van der Waals surface area contributed by atoms with Gasteiger partial charge in [0.2, 0.25) is 0 Å². The molecule has 0 radical (unpaired) electrons. The van der Waals surface area contributed by atoms with Crippen molar-refractivity contribution in [2.24, 2.45) is 0 Å². The molecule has 1 aromatic heterocycles. The van der Waals surface area contributed by atoms with Crippen molar-refractivity contribution >= 4 is 17.1 Å². The van der Waals surface area contributed by atoms with Crippen LogP contribution in [0.2, 0.25) is 0 Å². The van der Waals surface area contributed by atoms with Crippen LogP contribution in [0.5, 0.6) is 0 Å². The van der Waals surface area contributed by atoms with Crippen molar-refractivity contribution in [3.8, 4) is 0 Å². The molecule has 0 aliphatic carbocycles. The van der Waals surface area contributed by atoms with Crippen LogP contribution in [0, 0.1) is 0 Å². The third-order valence-electron chi connectivity index (χ3n) is 1.48. The van der Waals surface area contributed by atoms with Gasteiger partial charge < -0.3 is 0 Å². The molecule has 0 bridgehead atoms. The molecule has 1 rings (SSSR count). The average molecular weight is 208 g/mol. The molecule has 0 saturated heterocycles. The van der Waals surface area contributed by atoms with E-state index in [1.807, 2.05) is 0 Å². The Morgan fingerprint density at radius 2 is 2.15 bits per heavy atom. The zero-order chi connectivity index (χ0) is 9.90. The zero-order valence-corrected chi connectivity index (χ0v) is 7.41. The highest BCUT2D eigenvalue weighted by Crippen LogP contribution is 2.22. The number of alkyl halides is 3. The van der Waals surface area contributed by atoms with Gasteiger partial charge in [-0.3, -0.25) is 4.79 Å². The molecule has 0 amide bonds. The Hall–Kier alpha value is -0.840. The Bertz CT molecular complexity index is 276. The molecule has 5 heteroatoms. The monoisotopic (exact) mass is 208 g/mol. The number of thiophene rings is 1. The van der Waals surface area contributed by atoms with Gasteiger partial charge >= 0.3 is 6.18 Å². The summed E-state index contributed by atoms with van der Waals surface area (Å²) in [5.74, 6) is -0.446. The smallest absolute Gasteiger partial charge is 0.294 e. The van der Waals surface area contributed by atoms with Gasteiger partial charge in [0, 0.05) is 17.4 Å². The van der Waals surface area contributed by atoms with E-state index in [0.717, 1.165) is 0 Å². The number of hydrogen-bond donors (Lipinski definition) is 0.